The van der Waals surface area contributed by atoms with Crippen LogP contribution < -0.4 is 10.6 Å². The molecule has 1 fully saturated rings. The zero-order chi connectivity index (χ0) is 14.2. The molecule has 0 aromatic heterocycles. The molecule has 6 heteroatoms. The summed E-state index contributed by atoms with van der Waals surface area (Å²) in [6, 6.07) is 9.74. The number of benzene rings is 1. The highest BCUT2D eigenvalue weighted by molar-refractivity contribution is 8.00. The fourth-order valence-electron chi connectivity index (χ4n) is 1.92. The topological polar surface area (TPSA) is 61.4 Å². The van der Waals surface area contributed by atoms with E-state index in [9.17, 15) is 9.59 Å². The molecule has 1 aromatic rings. The number of carbonyl (C=O) groups is 2. The number of nitrogens with zero attached hydrogens (tertiary/aromatic N) is 1. The Hall–Kier alpha value is -1.53. The third-order valence-electron chi connectivity index (χ3n) is 3.02. The highest BCUT2D eigenvalue weighted by Crippen LogP contribution is 2.16. The van der Waals surface area contributed by atoms with Crippen LogP contribution in [0.3, 0.4) is 0 Å². The zero-order valence-corrected chi connectivity index (χ0v) is 12.1. The molecule has 0 saturated carbocycles. The van der Waals surface area contributed by atoms with Gasteiger partial charge in [0.1, 0.15) is 0 Å². The largest absolute Gasteiger partial charge is 0.346 e. The molecule has 1 aliphatic rings. The van der Waals surface area contributed by atoms with E-state index in [4.69, 9.17) is 0 Å². The summed E-state index contributed by atoms with van der Waals surface area (Å²) in [5.41, 5.74) is 0. The number of carbonyl (C=O) groups excluding carboxylic acids is 2. The lowest BCUT2D eigenvalue weighted by Crippen LogP contribution is -2.49. The Morgan fingerprint density at radius 1 is 1.20 bits per heavy atom. The van der Waals surface area contributed by atoms with E-state index in [-0.39, 0.29) is 18.4 Å². The van der Waals surface area contributed by atoms with Crippen molar-refractivity contribution in [2.24, 2.45) is 0 Å². The molecule has 1 aromatic carbocycles. The molecule has 2 rings (SSSR count). The molecular formula is C14H19N3O2S. The zero-order valence-electron chi connectivity index (χ0n) is 11.3. The number of amides is 2. The Bertz CT molecular complexity index is 447. The van der Waals surface area contributed by atoms with Gasteiger partial charge in [0.15, 0.2) is 0 Å². The maximum absolute atomic E-state index is 11.9. The van der Waals surface area contributed by atoms with E-state index >= 15 is 0 Å². The first kappa shape index (κ1) is 14.9. The summed E-state index contributed by atoms with van der Waals surface area (Å²) in [4.78, 5) is 26.4. The molecule has 2 N–H and O–H groups in total. The van der Waals surface area contributed by atoms with Crippen molar-refractivity contribution in [2.45, 2.75) is 4.90 Å². The fourth-order valence-corrected chi connectivity index (χ4v) is 2.67. The third-order valence-corrected chi connectivity index (χ3v) is 4.03. The first-order valence-corrected chi connectivity index (χ1v) is 7.67. The number of rotatable bonds is 5. The van der Waals surface area contributed by atoms with Crippen LogP contribution in [-0.2, 0) is 9.59 Å². The first-order chi connectivity index (χ1) is 9.75. The molecule has 0 radical (unpaired) electrons. The maximum Gasteiger partial charge on any atom is 0.242 e. The quantitative estimate of drug-likeness (QED) is 0.768. The second-order valence-corrected chi connectivity index (χ2v) is 5.56. The van der Waals surface area contributed by atoms with Crippen LogP contribution in [0.25, 0.3) is 0 Å². The molecule has 0 bridgehead atoms. The summed E-state index contributed by atoms with van der Waals surface area (Å²) in [7, 11) is 0. The van der Waals surface area contributed by atoms with Gasteiger partial charge in [-0.15, -0.1) is 11.8 Å². The monoisotopic (exact) mass is 293 g/mol. The second kappa shape index (κ2) is 7.91. The Morgan fingerprint density at radius 2 is 1.90 bits per heavy atom. The smallest absolute Gasteiger partial charge is 0.242 e. The highest BCUT2D eigenvalue weighted by Gasteiger charge is 2.16. The first-order valence-electron chi connectivity index (χ1n) is 6.69. The molecule has 0 unspecified atom stereocenters. The number of hydrogen-bond donors (Lipinski definition) is 2. The van der Waals surface area contributed by atoms with Gasteiger partial charge in [-0.25, -0.2) is 0 Å². The summed E-state index contributed by atoms with van der Waals surface area (Å²) >= 11 is 1.47. The van der Waals surface area contributed by atoms with Crippen molar-refractivity contribution < 1.29 is 9.59 Å². The Balaban J connectivity index is 1.65. The van der Waals surface area contributed by atoms with Gasteiger partial charge in [-0.2, -0.15) is 0 Å². The van der Waals surface area contributed by atoms with Crippen LogP contribution in [0.5, 0.6) is 0 Å². The van der Waals surface area contributed by atoms with E-state index in [1.54, 1.807) is 4.90 Å². The minimum atomic E-state index is -0.109. The predicted molar refractivity (Wildman–Crippen MR) is 79.6 cm³/mol. The van der Waals surface area contributed by atoms with Gasteiger partial charge in [-0.05, 0) is 12.1 Å². The number of hydrogen-bond acceptors (Lipinski definition) is 4. The Morgan fingerprint density at radius 3 is 2.60 bits per heavy atom. The van der Waals surface area contributed by atoms with Gasteiger partial charge >= 0.3 is 0 Å². The average molecular weight is 293 g/mol. The van der Waals surface area contributed by atoms with Crippen molar-refractivity contribution in [2.75, 3.05) is 38.5 Å². The van der Waals surface area contributed by atoms with Gasteiger partial charge in [-0.1, -0.05) is 18.2 Å². The SMILES string of the molecule is O=C(CSc1ccccc1)NCC(=O)N1CCNCC1. The lowest BCUT2D eigenvalue weighted by Gasteiger charge is -2.27. The molecular weight excluding hydrogens is 274 g/mol. The molecule has 2 amide bonds. The van der Waals surface area contributed by atoms with Crippen LogP contribution in [-0.4, -0.2) is 55.2 Å². The standard InChI is InChI=1S/C14H19N3O2S/c18-13(11-20-12-4-2-1-3-5-12)16-10-14(19)17-8-6-15-7-9-17/h1-5,15H,6-11H2,(H,16,18). The van der Waals surface area contributed by atoms with Crippen LogP contribution in [0, 0.1) is 0 Å². The molecule has 0 atom stereocenters. The molecule has 20 heavy (non-hydrogen) atoms. The van der Waals surface area contributed by atoms with Gasteiger partial charge in [-0.3, -0.25) is 9.59 Å². The summed E-state index contributed by atoms with van der Waals surface area (Å²) in [5.74, 6) is 0.214. The van der Waals surface area contributed by atoms with Crippen molar-refractivity contribution in [1.29, 1.82) is 0 Å². The van der Waals surface area contributed by atoms with Crippen LogP contribution in [0.1, 0.15) is 0 Å². The Kier molecular flexibility index (Phi) is 5.88. The Labute approximate surface area is 123 Å². The van der Waals surface area contributed by atoms with Gasteiger partial charge in [0.25, 0.3) is 0 Å². The lowest BCUT2D eigenvalue weighted by atomic mass is 10.3. The summed E-state index contributed by atoms with van der Waals surface area (Å²) in [5, 5.41) is 5.87. The van der Waals surface area contributed by atoms with E-state index < -0.39 is 0 Å². The summed E-state index contributed by atoms with van der Waals surface area (Å²) in [6.45, 7) is 3.17. The minimum Gasteiger partial charge on any atom is -0.346 e. The maximum atomic E-state index is 11.9. The summed E-state index contributed by atoms with van der Waals surface area (Å²) in [6.07, 6.45) is 0. The van der Waals surface area contributed by atoms with Gasteiger partial charge in [0.05, 0.1) is 12.3 Å². The molecule has 1 aliphatic heterocycles. The third kappa shape index (κ3) is 4.86. The number of nitrogens with one attached hydrogen (secondary N) is 2. The number of thioether (sulfide) groups is 1. The molecule has 1 heterocycles. The van der Waals surface area contributed by atoms with E-state index in [1.165, 1.54) is 11.8 Å². The lowest BCUT2D eigenvalue weighted by molar-refractivity contribution is -0.132. The number of piperazine rings is 1. The normalized spacial score (nSPS) is 14.9. The van der Waals surface area contributed by atoms with Crippen molar-refractivity contribution >= 4 is 23.6 Å². The van der Waals surface area contributed by atoms with Crippen LogP contribution in [0.4, 0.5) is 0 Å². The fraction of sp³-hybridized carbons (Fsp3) is 0.429. The molecule has 5 nitrogen and oxygen atoms in total. The van der Waals surface area contributed by atoms with Crippen LogP contribution >= 0.6 is 11.8 Å². The molecule has 0 aliphatic carbocycles. The van der Waals surface area contributed by atoms with Crippen LogP contribution in [0.15, 0.2) is 35.2 Å². The highest BCUT2D eigenvalue weighted by atomic mass is 32.2. The minimum absolute atomic E-state index is 0.00967. The molecule has 1 saturated heterocycles. The van der Waals surface area contributed by atoms with Crippen molar-refractivity contribution in [3.8, 4) is 0 Å². The summed E-state index contributed by atoms with van der Waals surface area (Å²) < 4.78 is 0. The van der Waals surface area contributed by atoms with Crippen molar-refractivity contribution in [3.63, 3.8) is 0 Å². The van der Waals surface area contributed by atoms with Crippen molar-refractivity contribution in [1.82, 2.24) is 15.5 Å². The van der Waals surface area contributed by atoms with E-state index in [0.29, 0.717) is 18.8 Å². The second-order valence-electron chi connectivity index (χ2n) is 4.51. The van der Waals surface area contributed by atoms with Gasteiger partial charge < -0.3 is 15.5 Å². The van der Waals surface area contributed by atoms with Crippen LogP contribution in [0.2, 0.25) is 0 Å². The molecule has 0 spiro atoms. The van der Waals surface area contributed by atoms with Gasteiger partial charge in [0, 0.05) is 31.1 Å². The van der Waals surface area contributed by atoms with E-state index in [1.807, 2.05) is 30.3 Å². The predicted octanol–water partition coefficient (Wildman–Crippen LogP) is 0.327. The average Bonchev–Trinajstić information content (AvgIpc) is 2.52. The molecule has 108 valence electrons. The van der Waals surface area contributed by atoms with Crippen molar-refractivity contribution in [3.05, 3.63) is 30.3 Å². The van der Waals surface area contributed by atoms with E-state index in [0.717, 1.165) is 18.0 Å². The van der Waals surface area contributed by atoms with E-state index in [2.05, 4.69) is 10.6 Å². The van der Waals surface area contributed by atoms with Gasteiger partial charge in [0.2, 0.25) is 11.8 Å².